The molecule has 0 heterocycles. The zero-order valence-electron chi connectivity index (χ0n) is 10.9. The second-order valence-corrected chi connectivity index (χ2v) is 4.26. The summed E-state index contributed by atoms with van der Waals surface area (Å²) in [7, 11) is -4.67. The molecule has 0 saturated heterocycles. The molecule has 0 aliphatic rings. The molecule has 0 aliphatic heterocycles. The van der Waals surface area contributed by atoms with Gasteiger partial charge in [-0.05, 0) is 0 Å². The summed E-state index contributed by atoms with van der Waals surface area (Å²) in [6.07, 6.45) is 8.12. The molecule has 6 heteroatoms. The van der Waals surface area contributed by atoms with Crippen LogP contribution < -0.4 is 29.6 Å². The smallest absolute Gasteiger partial charge is 0.314 e. The van der Waals surface area contributed by atoms with Gasteiger partial charge >= 0.3 is 40.0 Å². The predicted molar refractivity (Wildman–Crippen MR) is 62.1 cm³/mol. The fourth-order valence-electron chi connectivity index (χ4n) is 1.23. The van der Waals surface area contributed by atoms with Gasteiger partial charge in [0.2, 0.25) is 0 Å². The van der Waals surface area contributed by atoms with Gasteiger partial charge in [0.05, 0.1) is 0 Å². The van der Waals surface area contributed by atoms with E-state index in [4.69, 9.17) is 17.5 Å². The molecular weight excluding hydrogens is 239 g/mol. The Bertz CT molecular complexity index is 205. The van der Waals surface area contributed by atoms with E-state index >= 15 is 0 Å². The topological polar surface area (TPSA) is 74.6 Å². The van der Waals surface area contributed by atoms with Crippen LogP contribution in [0.2, 0.25) is 0 Å². The Kier molecular flexibility index (Phi) is 19.2. The minimum atomic E-state index is -4.67. The van der Waals surface area contributed by atoms with E-state index in [2.05, 4.69) is 20.8 Å². The maximum Gasteiger partial charge on any atom is 1.00 e. The Labute approximate surface area is 122 Å². The van der Waals surface area contributed by atoms with Crippen molar-refractivity contribution in [3.63, 3.8) is 0 Å². The third-order valence-corrected chi connectivity index (χ3v) is 2.13. The first-order valence-corrected chi connectivity index (χ1v) is 6.78. The van der Waals surface area contributed by atoms with Crippen molar-refractivity contribution in [2.24, 2.45) is 0 Å². The molecular formula is C10H23NaO4S. The Balaban J connectivity index is -0.000000242. The van der Waals surface area contributed by atoms with Crippen molar-refractivity contribution in [2.75, 3.05) is 0 Å². The van der Waals surface area contributed by atoms with Gasteiger partial charge in [-0.15, -0.1) is 0 Å². The van der Waals surface area contributed by atoms with E-state index in [1.54, 1.807) is 5.92 Å². The fourth-order valence-corrected chi connectivity index (χ4v) is 1.23. The fraction of sp³-hybridized carbons (Fsp3) is 0.900. The summed E-state index contributed by atoms with van der Waals surface area (Å²) < 4.78 is 31.6. The van der Waals surface area contributed by atoms with Crippen LogP contribution in [-0.4, -0.2) is 17.5 Å². The molecule has 0 unspecified atom stereocenters. The zero-order chi connectivity index (χ0) is 12.3. The van der Waals surface area contributed by atoms with Gasteiger partial charge in [0.15, 0.2) is 0 Å². The zero-order valence-corrected chi connectivity index (χ0v) is 13.7. The number of hydrogen-bond donors (Lipinski definition) is 2. The Morgan fingerprint density at radius 3 is 1.62 bits per heavy atom. The Morgan fingerprint density at radius 2 is 1.38 bits per heavy atom. The molecule has 0 aromatic carbocycles. The average molecular weight is 262 g/mol. The monoisotopic (exact) mass is 262 g/mol. The quantitative estimate of drug-likeness (QED) is 0.313. The molecule has 94 valence electrons. The summed E-state index contributed by atoms with van der Waals surface area (Å²) in [5.74, 6) is 1.74. The van der Waals surface area contributed by atoms with Gasteiger partial charge in [-0.3, -0.25) is 9.11 Å². The molecule has 4 nitrogen and oxygen atoms in total. The van der Waals surface area contributed by atoms with Gasteiger partial charge in [0, 0.05) is 0 Å². The third kappa shape index (κ3) is 29.4. The van der Waals surface area contributed by atoms with Gasteiger partial charge in [0.1, 0.15) is 0 Å². The van der Waals surface area contributed by atoms with Crippen LogP contribution in [-0.2, 0) is 10.4 Å². The molecule has 16 heavy (non-hydrogen) atoms. The first-order chi connectivity index (χ1) is 6.85. The van der Waals surface area contributed by atoms with Crippen molar-refractivity contribution in [2.45, 2.75) is 59.3 Å². The van der Waals surface area contributed by atoms with E-state index in [1.807, 2.05) is 0 Å². The van der Waals surface area contributed by atoms with Crippen LogP contribution in [0.15, 0.2) is 0 Å². The molecule has 0 radical (unpaired) electrons. The third-order valence-electron chi connectivity index (χ3n) is 2.13. The molecule has 0 aliphatic carbocycles. The maximum atomic E-state index is 8.74. The molecule has 0 spiro atoms. The molecule has 0 amide bonds. The summed E-state index contributed by atoms with van der Waals surface area (Å²) >= 11 is 0. The van der Waals surface area contributed by atoms with E-state index in [-0.39, 0.29) is 29.6 Å². The van der Waals surface area contributed by atoms with E-state index in [0.29, 0.717) is 0 Å². The van der Waals surface area contributed by atoms with Crippen molar-refractivity contribution < 1.29 is 47.1 Å². The minimum absolute atomic E-state index is 0. The summed E-state index contributed by atoms with van der Waals surface area (Å²) in [5, 5.41) is 0. The van der Waals surface area contributed by atoms with E-state index in [1.165, 1.54) is 38.5 Å². The second kappa shape index (κ2) is 13.9. The van der Waals surface area contributed by atoms with Crippen molar-refractivity contribution in [1.82, 2.24) is 0 Å². The van der Waals surface area contributed by atoms with Gasteiger partial charge in [-0.25, -0.2) is 0 Å². The number of rotatable bonds is 6. The van der Waals surface area contributed by atoms with Gasteiger partial charge in [-0.2, -0.15) is 27.7 Å². The standard InChI is InChI=1S/C10H21.Na.H2O4S/c1-4-7-8-9-10(5-2)6-3;;1-5(2,3)4/h4-9H2,1-3H3;;(H2,1,2,3,4)/q-1;+1;. The molecule has 0 saturated carbocycles. The van der Waals surface area contributed by atoms with E-state index in [9.17, 15) is 0 Å². The largest absolute Gasteiger partial charge is 1.00 e. The van der Waals surface area contributed by atoms with Crippen LogP contribution in [0.25, 0.3) is 0 Å². The molecule has 0 aromatic heterocycles. The second-order valence-electron chi connectivity index (χ2n) is 3.36. The Hall–Kier alpha value is 0.870. The van der Waals surface area contributed by atoms with Gasteiger partial charge in [-0.1, -0.05) is 40.0 Å². The predicted octanol–water partition coefficient (Wildman–Crippen LogP) is 0.312. The van der Waals surface area contributed by atoms with Crippen molar-refractivity contribution in [3.8, 4) is 0 Å². The molecule has 0 fully saturated rings. The summed E-state index contributed by atoms with van der Waals surface area (Å²) in [6.45, 7) is 6.80. The van der Waals surface area contributed by atoms with Crippen LogP contribution >= 0.6 is 0 Å². The molecule has 0 atom stereocenters. The summed E-state index contributed by atoms with van der Waals surface area (Å²) in [5.41, 5.74) is 0. The van der Waals surface area contributed by atoms with Crippen molar-refractivity contribution in [1.29, 1.82) is 0 Å². The molecule has 0 bridgehead atoms. The van der Waals surface area contributed by atoms with Crippen LogP contribution in [0.5, 0.6) is 0 Å². The van der Waals surface area contributed by atoms with Gasteiger partial charge < -0.3 is 5.92 Å². The Morgan fingerprint density at radius 1 is 1.00 bits per heavy atom. The average Bonchev–Trinajstić information content (AvgIpc) is 2.10. The van der Waals surface area contributed by atoms with E-state index in [0.717, 1.165) is 0 Å². The minimum Gasteiger partial charge on any atom is -0.314 e. The molecule has 2 N–H and O–H groups in total. The maximum absolute atomic E-state index is 8.74. The van der Waals surface area contributed by atoms with Crippen LogP contribution in [0, 0.1) is 5.92 Å². The number of hydrogen-bond acceptors (Lipinski definition) is 2. The first-order valence-electron chi connectivity index (χ1n) is 5.38. The van der Waals surface area contributed by atoms with Crippen LogP contribution in [0.4, 0.5) is 0 Å². The van der Waals surface area contributed by atoms with Gasteiger partial charge in [0.25, 0.3) is 0 Å². The van der Waals surface area contributed by atoms with Crippen LogP contribution in [0.1, 0.15) is 59.3 Å². The van der Waals surface area contributed by atoms with Crippen molar-refractivity contribution in [3.05, 3.63) is 5.92 Å². The molecule has 0 aromatic rings. The summed E-state index contributed by atoms with van der Waals surface area (Å²) in [6, 6.07) is 0. The SMILES string of the molecule is CCCCC[C-](CC)CC.O=S(=O)(O)O.[Na+]. The summed E-state index contributed by atoms with van der Waals surface area (Å²) in [4.78, 5) is 0. The first kappa shape index (κ1) is 22.1. The molecule has 0 rings (SSSR count). The normalized spacial score (nSPS) is 10.4. The van der Waals surface area contributed by atoms with Crippen molar-refractivity contribution >= 4 is 10.4 Å². The van der Waals surface area contributed by atoms with E-state index < -0.39 is 10.4 Å². The number of unbranched alkanes of at least 4 members (excludes halogenated alkanes) is 2. The van der Waals surface area contributed by atoms with Crippen LogP contribution in [0.3, 0.4) is 0 Å².